The lowest BCUT2D eigenvalue weighted by molar-refractivity contribution is 0.444. The van der Waals surface area contributed by atoms with Crippen LogP contribution < -0.4 is 16.6 Å². The molecule has 0 fully saturated rings. The number of benzene rings is 1. The number of pyridine rings is 1. The van der Waals surface area contributed by atoms with Gasteiger partial charge in [-0.15, -0.1) is 0 Å². The summed E-state index contributed by atoms with van der Waals surface area (Å²) < 4.78 is 28.1. The minimum absolute atomic E-state index is 0.0129. The van der Waals surface area contributed by atoms with Gasteiger partial charge >= 0.3 is 0 Å². The fraction of sp³-hybridized carbons (Fsp3) is 0.300. The zero-order valence-electron chi connectivity index (χ0n) is 17.6. The molecule has 0 bridgehead atoms. The standard InChI is InChI=1S/C20H25N7O3S/c1-4-27(5-2)31(29,30)15-10-11-18(28)26(12-15)13-17-23-19(21)25-20(24-17)22-16-9-7-6-8-14(16)3/h6-12H,4-5,13H2,1-3H3,(H3,21,22,23,24,25). The molecule has 10 nitrogen and oxygen atoms in total. The van der Waals surface area contributed by atoms with Gasteiger partial charge in [0.25, 0.3) is 5.56 Å². The Morgan fingerprint density at radius 3 is 2.45 bits per heavy atom. The van der Waals surface area contributed by atoms with Crippen molar-refractivity contribution in [2.75, 3.05) is 24.1 Å². The van der Waals surface area contributed by atoms with Crippen molar-refractivity contribution in [2.45, 2.75) is 32.2 Å². The SMILES string of the molecule is CCN(CC)S(=O)(=O)c1ccc(=O)n(Cc2nc(N)nc(Nc3ccccc3C)n2)c1. The Kier molecular flexibility index (Phi) is 6.66. The van der Waals surface area contributed by atoms with E-state index in [1.165, 1.54) is 27.2 Å². The smallest absolute Gasteiger partial charge is 0.251 e. The first-order valence-corrected chi connectivity index (χ1v) is 11.2. The lowest BCUT2D eigenvalue weighted by Crippen LogP contribution is -2.32. The summed E-state index contributed by atoms with van der Waals surface area (Å²) in [5.74, 6) is 0.445. The van der Waals surface area contributed by atoms with Crippen molar-refractivity contribution in [3.63, 3.8) is 0 Å². The molecule has 0 saturated heterocycles. The second-order valence-electron chi connectivity index (χ2n) is 6.79. The van der Waals surface area contributed by atoms with Gasteiger partial charge in [-0.25, -0.2) is 8.42 Å². The molecule has 0 atom stereocenters. The first kappa shape index (κ1) is 22.4. The van der Waals surface area contributed by atoms with E-state index >= 15 is 0 Å². The average molecular weight is 444 g/mol. The molecule has 1 aromatic carbocycles. The van der Waals surface area contributed by atoms with Crippen LogP contribution in [0.15, 0.2) is 52.3 Å². The van der Waals surface area contributed by atoms with Crippen LogP contribution in [-0.4, -0.2) is 45.3 Å². The number of aromatic nitrogens is 4. The molecule has 31 heavy (non-hydrogen) atoms. The molecule has 0 aliphatic rings. The molecule has 3 aromatic rings. The second kappa shape index (κ2) is 9.23. The Hall–Kier alpha value is -3.31. The molecule has 0 spiro atoms. The predicted molar refractivity (Wildman–Crippen MR) is 119 cm³/mol. The van der Waals surface area contributed by atoms with Crippen LogP contribution in [0.3, 0.4) is 0 Å². The summed E-state index contributed by atoms with van der Waals surface area (Å²) in [7, 11) is -3.71. The third-order valence-electron chi connectivity index (χ3n) is 4.70. The molecule has 2 heterocycles. The van der Waals surface area contributed by atoms with Gasteiger partial charge in [0.15, 0.2) is 5.82 Å². The zero-order chi connectivity index (χ0) is 22.6. The molecule has 0 saturated carbocycles. The number of nitrogens with two attached hydrogens (primary N) is 1. The summed E-state index contributed by atoms with van der Waals surface area (Å²) >= 11 is 0. The largest absolute Gasteiger partial charge is 0.368 e. The van der Waals surface area contributed by atoms with Gasteiger partial charge in [0, 0.05) is 31.0 Å². The van der Waals surface area contributed by atoms with Gasteiger partial charge in [-0.05, 0) is 24.6 Å². The topological polar surface area (TPSA) is 136 Å². The van der Waals surface area contributed by atoms with Crippen molar-refractivity contribution in [2.24, 2.45) is 0 Å². The summed E-state index contributed by atoms with van der Waals surface area (Å²) in [5, 5.41) is 3.09. The molecule has 3 rings (SSSR count). The van der Waals surface area contributed by atoms with E-state index in [0.717, 1.165) is 11.3 Å². The highest BCUT2D eigenvalue weighted by Crippen LogP contribution is 2.18. The summed E-state index contributed by atoms with van der Waals surface area (Å²) in [5.41, 5.74) is 7.25. The van der Waals surface area contributed by atoms with E-state index < -0.39 is 10.0 Å². The first-order valence-electron chi connectivity index (χ1n) is 9.78. The summed E-state index contributed by atoms with van der Waals surface area (Å²) in [6.07, 6.45) is 1.30. The van der Waals surface area contributed by atoms with Crippen molar-refractivity contribution >= 4 is 27.6 Å². The van der Waals surface area contributed by atoms with Gasteiger partial charge in [-0.3, -0.25) is 4.79 Å². The van der Waals surface area contributed by atoms with E-state index in [-0.39, 0.29) is 34.7 Å². The number of sulfonamides is 1. The fourth-order valence-electron chi connectivity index (χ4n) is 3.05. The van der Waals surface area contributed by atoms with Crippen molar-refractivity contribution in [3.8, 4) is 0 Å². The number of hydrogen-bond acceptors (Lipinski definition) is 8. The van der Waals surface area contributed by atoms with Gasteiger partial charge in [0.2, 0.25) is 21.9 Å². The van der Waals surface area contributed by atoms with Crippen molar-refractivity contribution < 1.29 is 8.42 Å². The Labute approximate surface area is 180 Å². The maximum absolute atomic E-state index is 12.8. The molecule has 164 valence electrons. The van der Waals surface area contributed by atoms with Gasteiger partial charge in [0.1, 0.15) is 0 Å². The number of hydrogen-bond donors (Lipinski definition) is 2. The third kappa shape index (κ3) is 5.06. The predicted octanol–water partition coefficient (Wildman–Crippen LogP) is 1.75. The molecular formula is C20H25N7O3S. The molecule has 0 amide bonds. The Morgan fingerprint density at radius 2 is 1.77 bits per heavy atom. The molecule has 0 unspecified atom stereocenters. The molecule has 0 radical (unpaired) electrons. The van der Waals surface area contributed by atoms with Crippen LogP contribution in [0.2, 0.25) is 0 Å². The maximum Gasteiger partial charge on any atom is 0.251 e. The van der Waals surface area contributed by atoms with Gasteiger partial charge in [-0.2, -0.15) is 19.3 Å². The first-order chi connectivity index (χ1) is 14.7. The molecule has 3 N–H and O–H groups in total. The molecule has 0 aliphatic carbocycles. The minimum atomic E-state index is -3.71. The van der Waals surface area contributed by atoms with Crippen LogP contribution in [0, 0.1) is 6.92 Å². The Balaban J connectivity index is 1.93. The quantitative estimate of drug-likeness (QED) is 0.537. The average Bonchev–Trinajstić information content (AvgIpc) is 2.71. The highest BCUT2D eigenvalue weighted by molar-refractivity contribution is 7.89. The highest BCUT2D eigenvalue weighted by Gasteiger charge is 2.22. The number of nitrogens with one attached hydrogen (secondary N) is 1. The Morgan fingerprint density at radius 1 is 1.06 bits per heavy atom. The molecular weight excluding hydrogens is 418 g/mol. The van der Waals surface area contributed by atoms with E-state index in [1.54, 1.807) is 13.8 Å². The van der Waals surface area contributed by atoms with Crippen molar-refractivity contribution in [1.29, 1.82) is 0 Å². The van der Waals surface area contributed by atoms with Gasteiger partial charge in [0.05, 0.1) is 11.4 Å². The number of nitrogens with zero attached hydrogens (tertiary/aromatic N) is 5. The number of rotatable bonds is 8. The molecule has 11 heteroatoms. The number of para-hydroxylation sites is 1. The van der Waals surface area contributed by atoms with Crippen LogP contribution in [0.25, 0.3) is 0 Å². The van der Waals surface area contributed by atoms with Crippen LogP contribution in [0.1, 0.15) is 25.2 Å². The molecule has 2 aromatic heterocycles. The fourth-order valence-corrected chi connectivity index (χ4v) is 4.53. The summed E-state index contributed by atoms with van der Waals surface area (Å²) in [6.45, 7) is 6.05. The monoisotopic (exact) mass is 443 g/mol. The normalized spacial score (nSPS) is 11.6. The maximum atomic E-state index is 12.8. The van der Waals surface area contributed by atoms with Gasteiger partial charge < -0.3 is 15.6 Å². The van der Waals surface area contributed by atoms with Gasteiger partial charge in [-0.1, -0.05) is 32.0 Å². The van der Waals surface area contributed by atoms with E-state index in [9.17, 15) is 13.2 Å². The molecule has 0 aliphatic heterocycles. The Bertz CT molecular complexity index is 1240. The third-order valence-corrected chi connectivity index (χ3v) is 6.74. The van der Waals surface area contributed by atoms with E-state index in [1.807, 2.05) is 31.2 Å². The second-order valence-corrected chi connectivity index (χ2v) is 8.73. The van der Waals surface area contributed by atoms with Crippen LogP contribution >= 0.6 is 0 Å². The minimum Gasteiger partial charge on any atom is -0.368 e. The zero-order valence-corrected chi connectivity index (χ0v) is 18.4. The summed E-state index contributed by atoms with van der Waals surface area (Å²) in [6, 6.07) is 10.1. The highest BCUT2D eigenvalue weighted by atomic mass is 32.2. The van der Waals surface area contributed by atoms with E-state index in [2.05, 4.69) is 20.3 Å². The van der Waals surface area contributed by atoms with Crippen LogP contribution in [-0.2, 0) is 16.6 Å². The summed E-state index contributed by atoms with van der Waals surface area (Å²) in [4.78, 5) is 24.9. The number of anilines is 3. The number of aryl methyl sites for hydroxylation is 1. The lowest BCUT2D eigenvalue weighted by atomic mass is 10.2. The van der Waals surface area contributed by atoms with Crippen molar-refractivity contribution in [3.05, 3.63) is 64.3 Å². The van der Waals surface area contributed by atoms with Crippen LogP contribution in [0.5, 0.6) is 0 Å². The van der Waals surface area contributed by atoms with E-state index in [4.69, 9.17) is 5.73 Å². The number of nitrogen functional groups attached to an aromatic ring is 1. The van der Waals surface area contributed by atoms with Crippen molar-refractivity contribution in [1.82, 2.24) is 23.8 Å². The van der Waals surface area contributed by atoms with E-state index in [0.29, 0.717) is 13.1 Å². The lowest BCUT2D eigenvalue weighted by Gasteiger charge is -2.19. The van der Waals surface area contributed by atoms with Crippen LogP contribution in [0.4, 0.5) is 17.6 Å².